The van der Waals surface area contributed by atoms with Crippen molar-refractivity contribution < 1.29 is 10.2 Å². The number of rotatable bonds is 2. The van der Waals surface area contributed by atoms with Crippen LogP contribution in [-0.2, 0) is 0 Å². The second-order valence-corrected chi connectivity index (χ2v) is 6.10. The molecule has 0 amide bonds. The molecule has 2 N–H and O–H groups in total. The first-order valence-electron chi connectivity index (χ1n) is 8.22. The first kappa shape index (κ1) is 16.7. The van der Waals surface area contributed by atoms with Gasteiger partial charge in [-0.2, -0.15) is 0 Å². The van der Waals surface area contributed by atoms with Gasteiger partial charge in [-0.15, -0.1) is 0 Å². The van der Waals surface area contributed by atoms with Gasteiger partial charge >= 0.3 is 0 Å². The Morgan fingerprint density at radius 3 is 1.68 bits per heavy atom. The van der Waals surface area contributed by atoms with Crippen molar-refractivity contribution in [3.63, 3.8) is 0 Å². The molecule has 2 unspecified atom stereocenters. The topological polar surface area (TPSA) is 40.5 Å². The highest BCUT2D eigenvalue weighted by molar-refractivity contribution is 5.03. The molecule has 1 aliphatic rings. The van der Waals surface area contributed by atoms with E-state index in [1.807, 2.05) is 0 Å². The second kappa shape index (κ2) is 10.4. The van der Waals surface area contributed by atoms with Gasteiger partial charge in [-0.25, -0.2) is 0 Å². The molecule has 19 heavy (non-hydrogen) atoms. The zero-order chi connectivity index (χ0) is 13.9. The average Bonchev–Trinajstić information content (AvgIpc) is 2.42. The predicted molar refractivity (Wildman–Crippen MR) is 81.1 cm³/mol. The van der Waals surface area contributed by atoms with E-state index >= 15 is 0 Å². The van der Waals surface area contributed by atoms with E-state index in [1.165, 1.54) is 51.4 Å². The van der Waals surface area contributed by atoms with Crippen molar-refractivity contribution in [3.8, 4) is 0 Å². The van der Waals surface area contributed by atoms with Crippen LogP contribution in [0.4, 0.5) is 0 Å². The molecular weight excluding hydrogens is 236 g/mol. The van der Waals surface area contributed by atoms with E-state index in [0.717, 1.165) is 31.3 Å². The molecule has 0 aliphatic heterocycles. The summed E-state index contributed by atoms with van der Waals surface area (Å²) in [4.78, 5) is 0. The van der Waals surface area contributed by atoms with Crippen LogP contribution in [-0.4, -0.2) is 22.9 Å². The number of aliphatic hydroxyl groups excluding tert-OH is 2. The normalized spacial score (nSPS) is 28.5. The van der Waals surface area contributed by atoms with Crippen LogP contribution in [0.1, 0.15) is 77.0 Å². The summed E-state index contributed by atoms with van der Waals surface area (Å²) in [5.74, 6) is 0.105. The molecule has 2 nitrogen and oxygen atoms in total. The van der Waals surface area contributed by atoms with E-state index in [-0.39, 0.29) is 18.6 Å². The van der Waals surface area contributed by atoms with Crippen molar-refractivity contribution >= 4 is 0 Å². The van der Waals surface area contributed by atoms with Crippen LogP contribution >= 0.6 is 0 Å². The van der Waals surface area contributed by atoms with Crippen LogP contribution in [0.2, 0.25) is 0 Å². The first-order chi connectivity index (χ1) is 9.25. The van der Waals surface area contributed by atoms with E-state index in [2.05, 4.69) is 6.58 Å². The fourth-order valence-electron chi connectivity index (χ4n) is 3.12. The lowest BCUT2D eigenvalue weighted by molar-refractivity contribution is 0.1000. The summed E-state index contributed by atoms with van der Waals surface area (Å²) in [5, 5.41) is 19.6. The summed E-state index contributed by atoms with van der Waals surface area (Å²) in [7, 11) is 0. The van der Waals surface area contributed by atoms with Crippen molar-refractivity contribution in [3.05, 3.63) is 12.2 Å². The largest absolute Gasteiger partial charge is 0.393 e. The minimum Gasteiger partial charge on any atom is -0.393 e. The molecule has 0 aromatic heterocycles. The lowest BCUT2D eigenvalue weighted by Crippen LogP contribution is -2.23. The van der Waals surface area contributed by atoms with Crippen LogP contribution in [0.5, 0.6) is 0 Å². The Kier molecular flexibility index (Phi) is 9.19. The molecule has 0 aromatic carbocycles. The molecular formula is C17H32O2. The van der Waals surface area contributed by atoms with E-state index in [1.54, 1.807) is 0 Å². The Hall–Kier alpha value is -0.340. The van der Waals surface area contributed by atoms with Gasteiger partial charge in [0.05, 0.1) is 12.7 Å². The molecule has 1 fully saturated rings. The fourth-order valence-corrected chi connectivity index (χ4v) is 3.12. The van der Waals surface area contributed by atoms with Gasteiger partial charge in [-0.3, -0.25) is 0 Å². The quantitative estimate of drug-likeness (QED) is 0.737. The van der Waals surface area contributed by atoms with Gasteiger partial charge in [0.2, 0.25) is 0 Å². The third-order valence-corrected chi connectivity index (χ3v) is 4.46. The summed E-state index contributed by atoms with van der Waals surface area (Å²) in [6.07, 6.45) is 14.4. The van der Waals surface area contributed by atoms with Gasteiger partial charge in [0.15, 0.2) is 0 Å². The molecule has 1 saturated carbocycles. The van der Waals surface area contributed by atoms with Crippen LogP contribution in [0, 0.1) is 5.92 Å². The maximum absolute atomic E-state index is 10.3. The monoisotopic (exact) mass is 268 g/mol. The first-order valence-corrected chi connectivity index (χ1v) is 8.22. The summed E-state index contributed by atoms with van der Waals surface area (Å²) in [6.45, 7) is 3.95. The van der Waals surface area contributed by atoms with E-state index in [4.69, 9.17) is 0 Å². The van der Waals surface area contributed by atoms with Crippen LogP contribution in [0.15, 0.2) is 12.2 Å². The highest BCUT2D eigenvalue weighted by Crippen LogP contribution is 2.25. The SMILES string of the molecule is C=C(CO)C1CCCCCCCCCCCCC1O. The van der Waals surface area contributed by atoms with Crippen molar-refractivity contribution in [2.75, 3.05) is 6.61 Å². The highest BCUT2D eigenvalue weighted by atomic mass is 16.3. The molecule has 2 heteroatoms. The van der Waals surface area contributed by atoms with E-state index < -0.39 is 0 Å². The Morgan fingerprint density at radius 1 is 0.789 bits per heavy atom. The molecule has 1 rings (SSSR count). The number of hydrogen-bond acceptors (Lipinski definition) is 2. The smallest absolute Gasteiger partial charge is 0.0642 e. The van der Waals surface area contributed by atoms with Crippen molar-refractivity contribution in [1.29, 1.82) is 0 Å². The number of aliphatic hydroxyl groups is 2. The lowest BCUT2D eigenvalue weighted by atomic mass is 9.86. The summed E-state index contributed by atoms with van der Waals surface area (Å²) in [5.41, 5.74) is 0.819. The van der Waals surface area contributed by atoms with E-state index in [0.29, 0.717) is 0 Å². The zero-order valence-electron chi connectivity index (χ0n) is 12.4. The minimum absolute atomic E-state index is 0.0156. The van der Waals surface area contributed by atoms with Crippen LogP contribution < -0.4 is 0 Å². The second-order valence-electron chi connectivity index (χ2n) is 6.10. The molecule has 2 atom stereocenters. The van der Waals surface area contributed by atoms with Crippen molar-refractivity contribution in [2.45, 2.75) is 83.2 Å². The summed E-state index contributed by atoms with van der Waals surface area (Å²) < 4.78 is 0. The zero-order valence-corrected chi connectivity index (χ0v) is 12.4. The Morgan fingerprint density at radius 2 is 1.21 bits per heavy atom. The minimum atomic E-state index is -0.303. The van der Waals surface area contributed by atoms with Gasteiger partial charge in [-0.05, 0) is 18.4 Å². The summed E-state index contributed by atoms with van der Waals surface area (Å²) in [6, 6.07) is 0. The van der Waals surface area contributed by atoms with Gasteiger partial charge in [0.1, 0.15) is 0 Å². The van der Waals surface area contributed by atoms with Crippen LogP contribution in [0.3, 0.4) is 0 Å². The van der Waals surface area contributed by atoms with Gasteiger partial charge in [-0.1, -0.05) is 70.8 Å². The molecule has 0 spiro atoms. The Bertz CT molecular complexity index is 237. The third kappa shape index (κ3) is 7.12. The van der Waals surface area contributed by atoms with Gasteiger partial charge < -0.3 is 10.2 Å². The predicted octanol–water partition coefficient (Wildman–Crippen LogP) is 4.21. The molecule has 0 bridgehead atoms. The molecule has 1 aliphatic carbocycles. The highest BCUT2D eigenvalue weighted by Gasteiger charge is 2.21. The molecule has 0 radical (unpaired) electrons. The molecule has 0 aromatic rings. The van der Waals surface area contributed by atoms with E-state index in [9.17, 15) is 10.2 Å². The molecule has 0 saturated heterocycles. The fraction of sp³-hybridized carbons (Fsp3) is 0.882. The molecule has 112 valence electrons. The number of hydrogen-bond donors (Lipinski definition) is 2. The lowest BCUT2D eigenvalue weighted by Gasteiger charge is -2.24. The maximum atomic E-state index is 10.3. The standard InChI is InChI=1S/C17H32O2/c1-15(14-18)16-12-10-8-6-4-2-3-5-7-9-11-13-17(16)19/h16-19H,1-14H2. The Balaban J connectivity index is 2.45. The van der Waals surface area contributed by atoms with Crippen LogP contribution in [0.25, 0.3) is 0 Å². The average molecular weight is 268 g/mol. The third-order valence-electron chi connectivity index (χ3n) is 4.46. The van der Waals surface area contributed by atoms with Gasteiger partial charge in [0.25, 0.3) is 0 Å². The van der Waals surface area contributed by atoms with Crippen molar-refractivity contribution in [2.24, 2.45) is 5.92 Å². The maximum Gasteiger partial charge on any atom is 0.0642 e. The van der Waals surface area contributed by atoms with Gasteiger partial charge in [0, 0.05) is 5.92 Å². The summed E-state index contributed by atoms with van der Waals surface area (Å²) >= 11 is 0. The Labute approximate surface area is 118 Å². The molecule has 0 heterocycles. The van der Waals surface area contributed by atoms with Crippen molar-refractivity contribution in [1.82, 2.24) is 0 Å².